The Hall–Kier alpha value is -3.65. The van der Waals surface area contributed by atoms with E-state index in [4.69, 9.17) is 5.73 Å². The zero-order valence-corrected chi connectivity index (χ0v) is 18.0. The Morgan fingerprint density at radius 3 is 2.38 bits per heavy atom. The van der Waals surface area contributed by atoms with Crippen LogP contribution in [0.1, 0.15) is 18.5 Å². The van der Waals surface area contributed by atoms with Crippen LogP contribution in [0.25, 0.3) is 10.9 Å². The summed E-state index contributed by atoms with van der Waals surface area (Å²) in [6.07, 6.45) is 2.00. The van der Waals surface area contributed by atoms with E-state index in [0.717, 1.165) is 23.0 Å². The van der Waals surface area contributed by atoms with Crippen LogP contribution in [0, 0.1) is 0 Å². The number of nitrogens with zero attached hydrogens (tertiary/aromatic N) is 3. The first-order chi connectivity index (χ1) is 15.5. The zero-order valence-electron chi connectivity index (χ0n) is 18.0. The first-order valence-electron chi connectivity index (χ1n) is 10.8. The molecule has 3 amide bonds. The van der Waals surface area contributed by atoms with Gasteiger partial charge in [-0.3, -0.25) is 19.3 Å². The third-order valence-electron chi connectivity index (χ3n) is 5.92. The van der Waals surface area contributed by atoms with Gasteiger partial charge in [-0.2, -0.15) is 0 Å². The van der Waals surface area contributed by atoms with Crippen molar-refractivity contribution >= 4 is 34.3 Å². The molecule has 1 saturated heterocycles. The maximum Gasteiger partial charge on any atom is 0.313 e. The zero-order chi connectivity index (χ0) is 22.7. The van der Waals surface area contributed by atoms with Gasteiger partial charge in [-0.25, -0.2) is 0 Å². The first-order valence-corrected chi connectivity index (χ1v) is 10.8. The highest BCUT2D eigenvalue weighted by Crippen LogP contribution is 2.23. The molecule has 0 spiro atoms. The third kappa shape index (κ3) is 4.36. The molecular formula is C24H27N5O3. The summed E-state index contributed by atoms with van der Waals surface area (Å²) in [5.41, 5.74) is 8.14. The Bertz CT molecular complexity index is 1130. The van der Waals surface area contributed by atoms with Crippen molar-refractivity contribution in [3.8, 4) is 0 Å². The molecule has 166 valence electrons. The van der Waals surface area contributed by atoms with Crippen LogP contribution in [-0.4, -0.2) is 58.3 Å². The number of piperazine rings is 1. The summed E-state index contributed by atoms with van der Waals surface area (Å²) in [6.45, 7) is 4.54. The topological polar surface area (TPSA) is 101 Å². The molecule has 1 aliphatic rings. The molecule has 1 unspecified atom stereocenters. The fourth-order valence-corrected chi connectivity index (χ4v) is 4.26. The summed E-state index contributed by atoms with van der Waals surface area (Å²) in [5.74, 6) is -1.67. The quantitative estimate of drug-likeness (QED) is 0.601. The van der Waals surface area contributed by atoms with Crippen molar-refractivity contribution in [3.05, 3.63) is 66.4 Å². The van der Waals surface area contributed by atoms with Gasteiger partial charge >= 0.3 is 11.8 Å². The number of hydrogen-bond donors (Lipinski definition) is 2. The van der Waals surface area contributed by atoms with Gasteiger partial charge in [0.1, 0.15) is 6.04 Å². The van der Waals surface area contributed by atoms with Crippen LogP contribution in [0.15, 0.2) is 60.8 Å². The van der Waals surface area contributed by atoms with Crippen molar-refractivity contribution < 1.29 is 14.4 Å². The van der Waals surface area contributed by atoms with Crippen molar-refractivity contribution in [1.82, 2.24) is 14.4 Å². The maximum atomic E-state index is 12.7. The number of hydrogen-bond acceptors (Lipinski definition) is 4. The smallest absolute Gasteiger partial charge is 0.313 e. The molecule has 3 N–H and O–H groups in total. The van der Waals surface area contributed by atoms with E-state index in [1.54, 1.807) is 6.07 Å². The minimum Gasteiger partial charge on any atom is -0.368 e. The van der Waals surface area contributed by atoms with Crippen LogP contribution in [0.4, 0.5) is 5.69 Å². The number of nitrogens with two attached hydrogens (primary N) is 1. The molecule has 1 fully saturated rings. The van der Waals surface area contributed by atoms with Gasteiger partial charge < -0.3 is 20.5 Å². The number of nitrogens with one attached hydrogen (secondary N) is 1. The molecule has 3 aromatic rings. The number of benzene rings is 2. The molecule has 2 heterocycles. The Morgan fingerprint density at radius 1 is 1.00 bits per heavy atom. The second kappa shape index (κ2) is 9.23. The lowest BCUT2D eigenvalue weighted by Gasteiger charge is -2.37. The third-order valence-corrected chi connectivity index (χ3v) is 5.92. The number of aromatic nitrogens is 1. The minimum atomic E-state index is -0.665. The van der Waals surface area contributed by atoms with Crippen molar-refractivity contribution in [1.29, 1.82) is 0 Å². The molecular weight excluding hydrogens is 406 g/mol. The summed E-state index contributed by atoms with van der Waals surface area (Å²) in [4.78, 5) is 40.8. The van der Waals surface area contributed by atoms with Gasteiger partial charge in [0.05, 0.1) is 0 Å². The molecule has 32 heavy (non-hydrogen) atoms. The normalized spacial score (nSPS) is 15.5. The number of carbonyl (C=O) groups excluding carboxylic acids is 3. The Balaban J connectivity index is 1.37. The number of rotatable bonds is 5. The number of anilines is 1. The van der Waals surface area contributed by atoms with Gasteiger partial charge in [0.2, 0.25) is 5.91 Å². The average Bonchev–Trinajstić information content (AvgIpc) is 3.22. The average molecular weight is 434 g/mol. The van der Waals surface area contributed by atoms with Crippen LogP contribution < -0.4 is 11.1 Å². The van der Waals surface area contributed by atoms with Gasteiger partial charge in [0, 0.05) is 55.5 Å². The lowest BCUT2D eigenvalue weighted by molar-refractivity contribution is -0.144. The van der Waals surface area contributed by atoms with Gasteiger partial charge in [0.15, 0.2) is 0 Å². The Labute approximate surface area is 186 Å². The van der Waals surface area contributed by atoms with Gasteiger partial charge in [0.25, 0.3) is 0 Å². The maximum absolute atomic E-state index is 12.7. The SMILES string of the molecule is CCn1ccc2cc(NC(=O)C(=O)N3CCN(C(C(N)=O)c4ccccc4)CC3)ccc21. The summed E-state index contributed by atoms with van der Waals surface area (Å²) < 4.78 is 2.11. The molecule has 1 aromatic heterocycles. The van der Waals surface area contributed by atoms with E-state index in [1.807, 2.05) is 59.6 Å². The monoisotopic (exact) mass is 433 g/mol. The second-order valence-corrected chi connectivity index (χ2v) is 7.87. The summed E-state index contributed by atoms with van der Waals surface area (Å²) >= 11 is 0. The summed E-state index contributed by atoms with van der Waals surface area (Å²) in [5, 5.41) is 3.71. The molecule has 8 heteroatoms. The highest BCUT2D eigenvalue weighted by Gasteiger charge is 2.32. The largest absolute Gasteiger partial charge is 0.368 e. The van der Waals surface area contributed by atoms with Crippen molar-refractivity contribution in [2.24, 2.45) is 5.73 Å². The van der Waals surface area contributed by atoms with E-state index in [0.29, 0.717) is 31.9 Å². The van der Waals surface area contributed by atoms with Gasteiger partial charge in [-0.1, -0.05) is 30.3 Å². The second-order valence-electron chi connectivity index (χ2n) is 7.87. The standard InChI is InChI=1S/C24H27N5O3/c1-2-27-11-10-18-16-19(8-9-20(18)27)26-23(31)24(32)29-14-12-28(13-15-29)21(22(25)30)17-6-4-3-5-7-17/h3-11,16,21H,2,12-15H2,1H3,(H2,25,30)(H,26,31). The highest BCUT2D eigenvalue weighted by molar-refractivity contribution is 6.39. The molecule has 4 rings (SSSR count). The van der Waals surface area contributed by atoms with Crippen LogP contribution in [-0.2, 0) is 20.9 Å². The van der Waals surface area contributed by atoms with Crippen molar-refractivity contribution in [2.45, 2.75) is 19.5 Å². The molecule has 0 saturated carbocycles. The molecule has 8 nitrogen and oxygen atoms in total. The summed E-state index contributed by atoms with van der Waals surface area (Å²) in [6, 6.07) is 16.4. The predicted octanol–water partition coefficient (Wildman–Crippen LogP) is 1.97. The van der Waals surface area contributed by atoms with E-state index < -0.39 is 23.8 Å². The van der Waals surface area contributed by atoms with E-state index in [2.05, 4.69) is 16.8 Å². The molecule has 1 atom stereocenters. The summed E-state index contributed by atoms with van der Waals surface area (Å²) in [7, 11) is 0. The van der Waals surface area contributed by atoms with E-state index >= 15 is 0 Å². The molecule has 0 aliphatic carbocycles. The van der Waals surface area contributed by atoms with Gasteiger partial charge in [-0.05, 0) is 36.8 Å². The van der Waals surface area contributed by atoms with Crippen LogP contribution in [0.2, 0.25) is 0 Å². The fourth-order valence-electron chi connectivity index (χ4n) is 4.26. The molecule has 0 bridgehead atoms. The first kappa shape index (κ1) is 21.6. The Kier molecular flexibility index (Phi) is 6.23. The van der Waals surface area contributed by atoms with Crippen molar-refractivity contribution in [2.75, 3.05) is 31.5 Å². The predicted molar refractivity (Wildman–Crippen MR) is 123 cm³/mol. The minimum absolute atomic E-state index is 0.348. The van der Waals surface area contributed by atoms with E-state index in [1.165, 1.54) is 4.90 Å². The van der Waals surface area contributed by atoms with E-state index in [9.17, 15) is 14.4 Å². The van der Waals surface area contributed by atoms with Crippen molar-refractivity contribution in [3.63, 3.8) is 0 Å². The van der Waals surface area contributed by atoms with Crippen LogP contribution >= 0.6 is 0 Å². The molecule has 0 radical (unpaired) electrons. The lowest BCUT2D eigenvalue weighted by atomic mass is 10.0. The number of amides is 3. The lowest BCUT2D eigenvalue weighted by Crippen LogP contribution is -2.53. The highest BCUT2D eigenvalue weighted by atomic mass is 16.2. The number of aryl methyl sites for hydroxylation is 1. The molecule has 2 aromatic carbocycles. The van der Waals surface area contributed by atoms with Gasteiger partial charge in [-0.15, -0.1) is 0 Å². The number of primary amides is 1. The van der Waals surface area contributed by atoms with Crippen LogP contribution in [0.3, 0.4) is 0 Å². The Morgan fingerprint density at radius 2 is 1.72 bits per heavy atom. The fraction of sp³-hybridized carbons (Fsp3) is 0.292. The van der Waals surface area contributed by atoms with Crippen LogP contribution in [0.5, 0.6) is 0 Å². The number of fused-ring (bicyclic) bond motifs is 1. The molecule has 1 aliphatic heterocycles. The number of carbonyl (C=O) groups is 3. The van der Waals surface area contributed by atoms with E-state index in [-0.39, 0.29) is 0 Å².